The second-order valence-electron chi connectivity index (χ2n) is 7.51. The van der Waals surface area contributed by atoms with Crippen molar-refractivity contribution in [2.75, 3.05) is 32.8 Å². The summed E-state index contributed by atoms with van der Waals surface area (Å²) in [4.78, 5) is 18.2. The van der Waals surface area contributed by atoms with Gasteiger partial charge in [-0.15, -0.1) is 0 Å². The number of amides is 1. The molecule has 9 heteroatoms. The Hall–Kier alpha value is -1.45. The number of aryl methyl sites for hydroxylation is 1. The van der Waals surface area contributed by atoms with E-state index in [1.54, 1.807) is 11.6 Å². The van der Waals surface area contributed by atoms with Gasteiger partial charge in [-0.05, 0) is 25.2 Å². The van der Waals surface area contributed by atoms with Gasteiger partial charge in [-0.3, -0.25) is 4.79 Å². The molecule has 3 fully saturated rings. The Labute approximate surface area is 147 Å². The Bertz CT molecular complexity index is 763. The molecular weight excluding hydrogens is 344 g/mol. The summed E-state index contributed by atoms with van der Waals surface area (Å²) in [6.07, 6.45) is 6.44. The van der Waals surface area contributed by atoms with E-state index in [0.717, 1.165) is 32.4 Å². The molecule has 3 saturated heterocycles. The standard InChI is InChI=1S/C16H24N4O4S/c1-18-8-14(17-12-18)25(22,23)20-10-16(11-20)7-13(9-24-16)6-15(21)19-4-2-3-5-19/h8,12-13H,2-7,9-11H2,1H3. The van der Waals surface area contributed by atoms with Crippen LogP contribution in [-0.2, 0) is 26.6 Å². The second kappa shape index (κ2) is 6.07. The van der Waals surface area contributed by atoms with E-state index in [0.29, 0.717) is 26.1 Å². The summed E-state index contributed by atoms with van der Waals surface area (Å²) in [7, 11) is -1.81. The quantitative estimate of drug-likeness (QED) is 0.759. The molecule has 1 unspecified atom stereocenters. The van der Waals surface area contributed by atoms with E-state index in [1.165, 1.54) is 16.8 Å². The minimum absolute atomic E-state index is 0.0728. The van der Waals surface area contributed by atoms with Crippen molar-refractivity contribution in [3.05, 3.63) is 12.5 Å². The lowest BCUT2D eigenvalue weighted by Crippen LogP contribution is -2.63. The van der Waals surface area contributed by atoms with Gasteiger partial charge in [0.2, 0.25) is 5.91 Å². The molecule has 8 nitrogen and oxygen atoms in total. The predicted octanol–water partition coefficient (Wildman–Crippen LogP) is 0.212. The van der Waals surface area contributed by atoms with Gasteiger partial charge in [0.1, 0.15) is 0 Å². The van der Waals surface area contributed by atoms with E-state index >= 15 is 0 Å². The number of sulfonamides is 1. The van der Waals surface area contributed by atoms with E-state index < -0.39 is 15.6 Å². The van der Waals surface area contributed by atoms with Gasteiger partial charge in [0.05, 0.1) is 18.5 Å². The summed E-state index contributed by atoms with van der Waals surface area (Å²) >= 11 is 0. The van der Waals surface area contributed by atoms with E-state index in [-0.39, 0.29) is 16.9 Å². The summed E-state index contributed by atoms with van der Waals surface area (Å²) in [5.41, 5.74) is -0.419. The number of carbonyl (C=O) groups is 1. The lowest BCUT2D eigenvalue weighted by molar-refractivity contribution is -0.131. The topological polar surface area (TPSA) is 84.7 Å². The largest absolute Gasteiger partial charge is 0.372 e. The fraction of sp³-hybridized carbons (Fsp3) is 0.750. The fourth-order valence-electron chi connectivity index (χ4n) is 4.05. The Morgan fingerprint density at radius 3 is 2.72 bits per heavy atom. The number of likely N-dealkylation sites (tertiary alicyclic amines) is 1. The van der Waals surface area contributed by atoms with Crippen LogP contribution in [0.5, 0.6) is 0 Å². The number of hydrogen-bond donors (Lipinski definition) is 0. The number of rotatable bonds is 4. The third kappa shape index (κ3) is 3.09. The Morgan fingerprint density at radius 2 is 2.08 bits per heavy atom. The molecule has 138 valence electrons. The lowest BCUT2D eigenvalue weighted by atomic mass is 9.87. The zero-order valence-corrected chi connectivity index (χ0v) is 15.2. The van der Waals surface area contributed by atoms with Crippen molar-refractivity contribution in [3.8, 4) is 0 Å². The summed E-state index contributed by atoms with van der Waals surface area (Å²) in [5, 5.41) is 0.0728. The van der Waals surface area contributed by atoms with Crippen LogP contribution in [0.15, 0.2) is 17.6 Å². The van der Waals surface area contributed by atoms with Crippen molar-refractivity contribution in [2.45, 2.75) is 36.3 Å². The summed E-state index contributed by atoms with van der Waals surface area (Å²) < 4.78 is 34.0. The molecule has 0 aliphatic carbocycles. The van der Waals surface area contributed by atoms with Crippen molar-refractivity contribution in [2.24, 2.45) is 13.0 Å². The van der Waals surface area contributed by atoms with Crippen molar-refractivity contribution < 1.29 is 17.9 Å². The molecule has 1 atom stereocenters. The van der Waals surface area contributed by atoms with Crippen LogP contribution in [0.3, 0.4) is 0 Å². The van der Waals surface area contributed by atoms with E-state index in [9.17, 15) is 13.2 Å². The zero-order chi connectivity index (χ0) is 17.7. The first-order valence-electron chi connectivity index (χ1n) is 8.78. The number of aromatic nitrogens is 2. The maximum absolute atomic E-state index is 12.5. The van der Waals surface area contributed by atoms with Crippen LogP contribution in [0.2, 0.25) is 0 Å². The average Bonchev–Trinajstić information content (AvgIpc) is 3.25. The second-order valence-corrected chi connectivity index (χ2v) is 9.39. The van der Waals surface area contributed by atoms with Crippen LogP contribution < -0.4 is 0 Å². The van der Waals surface area contributed by atoms with Gasteiger partial charge in [-0.2, -0.15) is 4.31 Å². The van der Waals surface area contributed by atoms with Crippen LogP contribution in [0.1, 0.15) is 25.7 Å². The van der Waals surface area contributed by atoms with E-state index in [4.69, 9.17) is 4.74 Å². The molecule has 1 spiro atoms. The average molecular weight is 368 g/mol. The highest BCUT2D eigenvalue weighted by molar-refractivity contribution is 7.89. The summed E-state index contributed by atoms with van der Waals surface area (Å²) in [5.74, 6) is 0.397. The number of hydrogen-bond acceptors (Lipinski definition) is 5. The molecule has 3 aliphatic rings. The van der Waals surface area contributed by atoms with E-state index in [1.807, 2.05) is 4.90 Å². The zero-order valence-electron chi connectivity index (χ0n) is 14.4. The lowest BCUT2D eigenvalue weighted by Gasteiger charge is -2.45. The third-order valence-corrected chi connectivity index (χ3v) is 7.10. The molecular formula is C16H24N4O4S. The number of ether oxygens (including phenoxy) is 1. The molecule has 0 saturated carbocycles. The molecule has 1 aromatic heterocycles. The van der Waals surface area contributed by atoms with Gasteiger partial charge < -0.3 is 14.2 Å². The van der Waals surface area contributed by atoms with Gasteiger partial charge in [0, 0.05) is 45.8 Å². The summed E-state index contributed by atoms with van der Waals surface area (Å²) in [6, 6.07) is 0. The fourth-order valence-corrected chi connectivity index (χ4v) is 5.61. The van der Waals surface area contributed by atoms with Crippen LogP contribution in [-0.4, -0.2) is 71.5 Å². The Morgan fingerprint density at radius 1 is 1.36 bits per heavy atom. The molecule has 4 rings (SSSR count). The number of imidazole rings is 1. The van der Waals surface area contributed by atoms with E-state index in [2.05, 4.69) is 4.98 Å². The van der Waals surface area contributed by atoms with Gasteiger partial charge >= 0.3 is 0 Å². The van der Waals surface area contributed by atoms with Crippen molar-refractivity contribution in [1.29, 1.82) is 0 Å². The van der Waals surface area contributed by atoms with Crippen molar-refractivity contribution in [1.82, 2.24) is 18.8 Å². The molecule has 0 bridgehead atoms. The molecule has 0 N–H and O–H groups in total. The molecule has 4 heterocycles. The number of carbonyl (C=O) groups excluding carboxylic acids is 1. The SMILES string of the molecule is Cn1cnc(S(=O)(=O)N2CC3(CC(CC(=O)N4CCCC4)CO3)C2)c1. The molecule has 0 radical (unpaired) electrons. The highest BCUT2D eigenvalue weighted by Gasteiger charge is 2.54. The highest BCUT2D eigenvalue weighted by Crippen LogP contribution is 2.41. The minimum Gasteiger partial charge on any atom is -0.372 e. The van der Waals surface area contributed by atoms with Gasteiger partial charge in [-0.1, -0.05) is 0 Å². The maximum atomic E-state index is 12.5. The first-order valence-corrected chi connectivity index (χ1v) is 10.2. The van der Waals surface area contributed by atoms with Crippen molar-refractivity contribution in [3.63, 3.8) is 0 Å². The Balaban J connectivity index is 1.33. The highest BCUT2D eigenvalue weighted by atomic mass is 32.2. The van der Waals surface area contributed by atoms with Crippen molar-refractivity contribution >= 4 is 15.9 Å². The van der Waals surface area contributed by atoms with Crippen LogP contribution in [0.25, 0.3) is 0 Å². The van der Waals surface area contributed by atoms with Gasteiger partial charge in [-0.25, -0.2) is 13.4 Å². The monoisotopic (exact) mass is 368 g/mol. The van der Waals surface area contributed by atoms with Gasteiger partial charge in [0.15, 0.2) is 5.03 Å². The molecule has 1 amide bonds. The smallest absolute Gasteiger partial charge is 0.262 e. The number of nitrogens with zero attached hydrogens (tertiary/aromatic N) is 4. The Kier molecular flexibility index (Phi) is 4.12. The molecule has 0 aromatic carbocycles. The van der Waals surface area contributed by atoms with Crippen LogP contribution >= 0.6 is 0 Å². The van der Waals surface area contributed by atoms with Crippen LogP contribution in [0, 0.1) is 5.92 Å². The first-order chi connectivity index (χ1) is 11.9. The minimum atomic E-state index is -3.55. The van der Waals surface area contributed by atoms with Gasteiger partial charge in [0.25, 0.3) is 10.0 Å². The van der Waals surface area contributed by atoms with Crippen LogP contribution in [0.4, 0.5) is 0 Å². The molecule has 1 aromatic rings. The summed E-state index contributed by atoms with van der Waals surface area (Å²) in [6.45, 7) is 2.97. The molecule has 25 heavy (non-hydrogen) atoms. The predicted molar refractivity (Wildman–Crippen MR) is 89.2 cm³/mol. The normalized spacial score (nSPS) is 26.3. The first kappa shape index (κ1) is 17.0. The maximum Gasteiger partial charge on any atom is 0.262 e. The molecule has 3 aliphatic heterocycles. The third-order valence-electron chi connectivity index (χ3n) is 5.42.